The van der Waals surface area contributed by atoms with Crippen LogP contribution >= 0.6 is 0 Å². The molecule has 0 saturated carbocycles. The lowest BCUT2D eigenvalue weighted by Gasteiger charge is -2.27. The van der Waals surface area contributed by atoms with Gasteiger partial charge >= 0.3 is 5.97 Å². The summed E-state index contributed by atoms with van der Waals surface area (Å²) in [6, 6.07) is 18.7. The number of carbonyl (C=O) groups excluding carboxylic acids is 1. The van der Waals surface area contributed by atoms with Crippen LogP contribution in [0.4, 0.5) is 10.2 Å². The fourth-order valence-electron chi connectivity index (χ4n) is 4.37. The number of benzene rings is 2. The van der Waals surface area contributed by atoms with Gasteiger partial charge in [-0.05, 0) is 61.2 Å². The van der Waals surface area contributed by atoms with Crippen molar-refractivity contribution in [1.82, 2.24) is 9.88 Å². The number of pyridine rings is 1. The lowest BCUT2D eigenvalue weighted by molar-refractivity contribution is 0.0378. The van der Waals surface area contributed by atoms with Gasteiger partial charge in [0.25, 0.3) is 0 Å². The lowest BCUT2D eigenvalue weighted by atomic mass is 9.99. The van der Waals surface area contributed by atoms with Crippen LogP contribution < -0.4 is 4.90 Å². The van der Waals surface area contributed by atoms with Gasteiger partial charge in [-0.2, -0.15) is 0 Å². The number of carbonyl (C=O) groups is 1. The van der Waals surface area contributed by atoms with Crippen LogP contribution in [0.15, 0.2) is 66.9 Å². The summed E-state index contributed by atoms with van der Waals surface area (Å²) in [6.07, 6.45) is 2.51. The molecule has 1 unspecified atom stereocenters. The van der Waals surface area contributed by atoms with E-state index < -0.39 is 0 Å². The zero-order chi connectivity index (χ0) is 23.4. The van der Waals surface area contributed by atoms with Gasteiger partial charge in [0.1, 0.15) is 17.2 Å². The fraction of sp³-hybridized carbons (Fsp3) is 0.333. The summed E-state index contributed by atoms with van der Waals surface area (Å²) in [4.78, 5) is 21.6. The van der Waals surface area contributed by atoms with Crippen molar-refractivity contribution in [3.63, 3.8) is 0 Å². The molecule has 5 nitrogen and oxygen atoms in total. The molecule has 1 aromatic heterocycles. The first-order valence-corrected chi connectivity index (χ1v) is 11.4. The Kier molecular flexibility index (Phi) is 7.04. The summed E-state index contributed by atoms with van der Waals surface area (Å²) in [7, 11) is 2.00. The molecule has 4 rings (SSSR count). The first-order valence-electron chi connectivity index (χ1n) is 11.4. The summed E-state index contributed by atoms with van der Waals surface area (Å²) in [5.41, 5.74) is 3.85. The van der Waals surface area contributed by atoms with Crippen LogP contribution in [0.25, 0.3) is 11.1 Å². The molecule has 172 valence electrons. The molecule has 1 aliphatic heterocycles. The number of likely N-dealkylation sites (tertiary alicyclic amines) is 1. The van der Waals surface area contributed by atoms with Gasteiger partial charge in [-0.15, -0.1) is 0 Å². The molecule has 1 saturated heterocycles. The maximum Gasteiger partial charge on any atom is 0.342 e. The van der Waals surface area contributed by atoms with Crippen LogP contribution in [0.2, 0.25) is 0 Å². The largest absolute Gasteiger partial charge is 0.459 e. The Hall–Kier alpha value is -3.25. The van der Waals surface area contributed by atoms with Gasteiger partial charge in [0.15, 0.2) is 0 Å². The van der Waals surface area contributed by atoms with E-state index in [2.05, 4.69) is 26.9 Å². The van der Waals surface area contributed by atoms with Crippen molar-refractivity contribution < 1.29 is 13.9 Å². The van der Waals surface area contributed by atoms with Gasteiger partial charge in [-0.3, -0.25) is 4.90 Å². The van der Waals surface area contributed by atoms with Gasteiger partial charge in [-0.25, -0.2) is 14.2 Å². The van der Waals surface area contributed by atoms with E-state index in [9.17, 15) is 9.18 Å². The molecule has 0 aliphatic carbocycles. The molecule has 1 aliphatic rings. The lowest BCUT2D eigenvalue weighted by Crippen LogP contribution is -2.36. The molecule has 0 amide bonds. The monoisotopic (exact) mass is 447 g/mol. The van der Waals surface area contributed by atoms with Gasteiger partial charge in [-0.1, -0.05) is 36.4 Å². The van der Waals surface area contributed by atoms with Crippen molar-refractivity contribution in [1.29, 1.82) is 0 Å². The zero-order valence-corrected chi connectivity index (χ0v) is 19.4. The third-order valence-corrected chi connectivity index (χ3v) is 6.05. The molecule has 1 fully saturated rings. The number of likely N-dealkylation sites (N-methyl/N-ethyl adjacent to an activating group) is 1. The predicted octanol–water partition coefficient (Wildman–Crippen LogP) is 5.16. The minimum Gasteiger partial charge on any atom is -0.459 e. The number of esters is 1. The zero-order valence-electron chi connectivity index (χ0n) is 19.4. The number of ether oxygens (including phenoxy) is 1. The van der Waals surface area contributed by atoms with Gasteiger partial charge in [0, 0.05) is 38.9 Å². The molecule has 1 atom stereocenters. The van der Waals surface area contributed by atoms with Crippen LogP contribution in [0.1, 0.15) is 36.2 Å². The quantitative estimate of drug-likeness (QED) is 0.468. The van der Waals surface area contributed by atoms with E-state index in [1.165, 1.54) is 17.7 Å². The number of anilines is 1. The average Bonchev–Trinajstić information content (AvgIpc) is 3.28. The maximum atomic E-state index is 13.4. The second kappa shape index (κ2) is 10.1. The number of nitrogens with zero attached hydrogens (tertiary/aromatic N) is 3. The van der Waals surface area contributed by atoms with Crippen molar-refractivity contribution in [3.05, 3.63) is 83.8 Å². The maximum absolute atomic E-state index is 13.4. The number of halogens is 1. The van der Waals surface area contributed by atoms with Crippen LogP contribution in [0, 0.1) is 5.82 Å². The Labute approximate surface area is 194 Å². The summed E-state index contributed by atoms with van der Waals surface area (Å²) in [6.45, 7) is 6.31. The highest BCUT2D eigenvalue weighted by Crippen LogP contribution is 2.28. The Morgan fingerprint density at radius 3 is 2.67 bits per heavy atom. The summed E-state index contributed by atoms with van der Waals surface area (Å²) in [5.74, 6) is 0.0811. The number of hydrogen-bond acceptors (Lipinski definition) is 5. The molecule has 0 radical (unpaired) electrons. The van der Waals surface area contributed by atoms with E-state index in [4.69, 9.17) is 4.74 Å². The Bertz CT molecular complexity index is 1100. The topological polar surface area (TPSA) is 45.7 Å². The highest BCUT2D eigenvalue weighted by Gasteiger charge is 2.29. The summed E-state index contributed by atoms with van der Waals surface area (Å²) < 4.78 is 18.8. The first kappa shape index (κ1) is 22.9. The van der Waals surface area contributed by atoms with Crippen LogP contribution in [0.5, 0.6) is 0 Å². The number of hydrogen-bond donors (Lipinski definition) is 0. The fourth-order valence-corrected chi connectivity index (χ4v) is 4.37. The van der Waals surface area contributed by atoms with Crippen molar-refractivity contribution in [2.24, 2.45) is 0 Å². The van der Waals surface area contributed by atoms with Gasteiger partial charge in [0.2, 0.25) is 0 Å². The molecule has 0 bridgehead atoms. The third-order valence-electron chi connectivity index (χ3n) is 6.05. The minimum atomic E-state index is -0.344. The summed E-state index contributed by atoms with van der Waals surface area (Å²) in [5, 5.41) is 0. The SMILES string of the molecule is CC(C)OC(=O)c1cccnc1N(C)C1CCN(Cc2ccccc2-c2ccc(F)cc2)C1. The third kappa shape index (κ3) is 5.40. The molecule has 0 N–H and O–H groups in total. The van der Waals surface area contributed by atoms with Crippen LogP contribution in [0.3, 0.4) is 0 Å². The average molecular weight is 448 g/mol. The van der Waals surface area contributed by atoms with Gasteiger partial charge < -0.3 is 9.64 Å². The van der Waals surface area contributed by atoms with Gasteiger partial charge in [0.05, 0.1) is 6.10 Å². The van der Waals surface area contributed by atoms with E-state index in [1.807, 2.05) is 45.2 Å². The standard InChI is InChI=1S/C27H30FN3O2/c1-19(2)33-27(32)25-9-6-15-29-26(25)30(3)23-14-16-31(18-23)17-21-7-4-5-8-24(21)20-10-12-22(28)13-11-20/h4-13,15,19,23H,14,16-18H2,1-3H3. The smallest absolute Gasteiger partial charge is 0.342 e. The van der Waals surface area contributed by atoms with E-state index in [1.54, 1.807) is 18.3 Å². The molecule has 0 spiro atoms. The van der Waals surface area contributed by atoms with Crippen LogP contribution in [-0.4, -0.2) is 48.1 Å². The Morgan fingerprint density at radius 1 is 1.15 bits per heavy atom. The van der Waals surface area contributed by atoms with E-state index >= 15 is 0 Å². The highest BCUT2D eigenvalue weighted by atomic mass is 19.1. The second-order valence-electron chi connectivity index (χ2n) is 8.78. The Morgan fingerprint density at radius 2 is 1.91 bits per heavy atom. The molecular formula is C27H30FN3O2. The van der Waals surface area contributed by atoms with E-state index in [-0.39, 0.29) is 23.9 Å². The predicted molar refractivity (Wildman–Crippen MR) is 129 cm³/mol. The normalized spacial score (nSPS) is 16.2. The molecule has 2 aromatic carbocycles. The number of rotatable bonds is 7. The molecule has 6 heteroatoms. The number of aromatic nitrogens is 1. The molecular weight excluding hydrogens is 417 g/mol. The van der Waals surface area contributed by atoms with Crippen LogP contribution in [-0.2, 0) is 11.3 Å². The summed E-state index contributed by atoms with van der Waals surface area (Å²) >= 11 is 0. The first-order chi connectivity index (χ1) is 15.9. The molecule has 33 heavy (non-hydrogen) atoms. The second-order valence-corrected chi connectivity index (χ2v) is 8.78. The molecule has 3 aromatic rings. The highest BCUT2D eigenvalue weighted by molar-refractivity contribution is 5.94. The van der Waals surface area contributed by atoms with E-state index in [0.29, 0.717) is 11.4 Å². The molecule has 2 heterocycles. The van der Waals surface area contributed by atoms with Crippen molar-refractivity contribution in [3.8, 4) is 11.1 Å². The van der Waals surface area contributed by atoms with E-state index in [0.717, 1.165) is 37.2 Å². The minimum absolute atomic E-state index is 0.181. The Balaban J connectivity index is 1.47. The van der Waals surface area contributed by atoms with Crippen molar-refractivity contribution in [2.75, 3.05) is 25.0 Å². The van der Waals surface area contributed by atoms with Crippen molar-refractivity contribution in [2.45, 2.75) is 39.0 Å². The van der Waals surface area contributed by atoms with Crippen molar-refractivity contribution >= 4 is 11.8 Å².